The number of ether oxygens (including phenoxy) is 1. The Balaban J connectivity index is 1.41. The number of piperidine rings is 1. The minimum atomic E-state index is -0.226. The van der Waals surface area contributed by atoms with E-state index in [1.54, 1.807) is 12.1 Å². The molecular weight excluding hydrogens is 269 g/mol. The quantitative estimate of drug-likeness (QED) is 0.847. The molecule has 1 saturated heterocycles. The standard InChI is InChI=1S/C16H20FN3O/c17-14-2-4-15(5-3-14)21-16-6-10-19(11-7-16)12-13-20-9-1-8-18-20/h1-5,8-9,16H,6-7,10-13H2. The summed E-state index contributed by atoms with van der Waals surface area (Å²) < 4.78 is 20.7. The number of likely N-dealkylation sites (tertiary alicyclic amines) is 1. The highest BCUT2D eigenvalue weighted by Gasteiger charge is 2.20. The van der Waals surface area contributed by atoms with Crippen LogP contribution in [0.4, 0.5) is 4.39 Å². The van der Waals surface area contributed by atoms with Crippen molar-refractivity contribution in [2.45, 2.75) is 25.5 Å². The van der Waals surface area contributed by atoms with Crippen LogP contribution in [0.2, 0.25) is 0 Å². The van der Waals surface area contributed by atoms with Crippen LogP contribution >= 0.6 is 0 Å². The Morgan fingerprint density at radius 1 is 1.14 bits per heavy atom. The summed E-state index contributed by atoms with van der Waals surface area (Å²) in [5.41, 5.74) is 0. The molecule has 1 aromatic carbocycles. The van der Waals surface area contributed by atoms with Gasteiger partial charge in [-0.3, -0.25) is 4.68 Å². The van der Waals surface area contributed by atoms with Crippen molar-refractivity contribution >= 4 is 0 Å². The molecule has 3 rings (SSSR count). The van der Waals surface area contributed by atoms with Gasteiger partial charge in [0, 0.05) is 32.0 Å². The number of nitrogens with zero attached hydrogens (tertiary/aromatic N) is 3. The molecule has 0 radical (unpaired) electrons. The van der Waals surface area contributed by atoms with Crippen molar-refractivity contribution in [3.05, 3.63) is 48.5 Å². The summed E-state index contributed by atoms with van der Waals surface area (Å²) >= 11 is 0. The summed E-state index contributed by atoms with van der Waals surface area (Å²) in [6.45, 7) is 4.02. The van der Waals surface area contributed by atoms with E-state index in [0.717, 1.165) is 44.8 Å². The first-order chi connectivity index (χ1) is 10.3. The normalized spacial score (nSPS) is 17.0. The van der Waals surface area contributed by atoms with E-state index < -0.39 is 0 Å². The summed E-state index contributed by atoms with van der Waals surface area (Å²) in [5, 5.41) is 4.21. The van der Waals surface area contributed by atoms with Crippen molar-refractivity contribution < 1.29 is 9.13 Å². The number of hydrogen-bond donors (Lipinski definition) is 0. The molecule has 112 valence electrons. The van der Waals surface area contributed by atoms with E-state index in [9.17, 15) is 4.39 Å². The SMILES string of the molecule is Fc1ccc(OC2CCN(CCn3cccn3)CC2)cc1. The molecule has 1 aromatic heterocycles. The second kappa shape index (κ2) is 6.72. The molecule has 1 fully saturated rings. The maximum Gasteiger partial charge on any atom is 0.123 e. The Labute approximate surface area is 124 Å². The average Bonchev–Trinajstić information content (AvgIpc) is 3.02. The van der Waals surface area contributed by atoms with Gasteiger partial charge in [0.2, 0.25) is 0 Å². The zero-order valence-electron chi connectivity index (χ0n) is 12.0. The fraction of sp³-hybridized carbons (Fsp3) is 0.438. The van der Waals surface area contributed by atoms with Crippen LogP contribution in [0.25, 0.3) is 0 Å². The van der Waals surface area contributed by atoms with Crippen molar-refractivity contribution in [2.24, 2.45) is 0 Å². The van der Waals surface area contributed by atoms with E-state index >= 15 is 0 Å². The highest BCUT2D eigenvalue weighted by atomic mass is 19.1. The van der Waals surface area contributed by atoms with E-state index in [0.29, 0.717) is 0 Å². The van der Waals surface area contributed by atoms with Crippen molar-refractivity contribution in [3.63, 3.8) is 0 Å². The fourth-order valence-electron chi connectivity index (χ4n) is 2.63. The third kappa shape index (κ3) is 4.04. The number of hydrogen-bond acceptors (Lipinski definition) is 3. The highest BCUT2D eigenvalue weighted by molar-refractivity contribution is 5.22. The zero-order chi connectivity index (χ0) is 14.5. The lowest BCUT2D eigenvalue weighted by molar-refractivity contribution is 0.0979. The molecule has 1 aliphatic rings. The van der Waals surface area contributed by atoms with E-state index in [1.165, 1.54) is 12.1 Å². The maximum absolute atomic E-state index is 12.8. The van der Waals surface area contributed by atoms with Crippen LogP contribution in [0, 0.1) is 5.82 Å². The second-order valence-electron chi connectivity index (χ2n) is 5.38. The Morgan fingerprint density at radius 2 is 1.90 bits per heavy atom. The van der Waals surface area contributed by atoms with Gasteiger partial charge in [0.1, 0.15) is 17.7 Å². The smallest absolute Gasteiger partial charge is 0.123 e. The molecule has 0 amide bonds. The van der Waals surface area contributed by atoms with Crippen LogP contribution in [0.1, 0.15) is 12.8 Å². The molecular formula is C16H20FN3O. The van der Waals surface area contributed by atoms with Crippen LogP contribution in [0.15, 0.2) is 42.7 Å². The Morgan fingerprint density at radius 3 is 2.57 bits per heavy atom. The van der Waals surface area contributed by atoms with Gasteiger partial charge in [-0.15, -0.1) is 0 Å². The van der Waals surface area contributed by atoms with Gasteiger partial charge in [0.05, 0.1) is 6.54 Å². The molecule has 4 nitrogen and oxygen atoms in total. The summed E-state index contributed by atoms with van der Waals surface area (Å²) in [6.07, 6.45) is 6.05. The number of rotatable bonds is 5. The van der Waals surface area contributed by atoms with Gasteiger partial charge in [0.25, 0.3) is 0 Å². The second-order valence-corrected chi connectivity index (χ2v) is 5.38. The van der Waals surface area contributed by atoms with Crippen molar-refractivity contribution in [1.82, 2.24) is 14.7 Å². The number of aromatic nitrogens is 2. The molecule has 0 saturated carbocycles. The zero-order valence-corrected chi connectivity index (χ0v) is 12.0. The molecule has 0 aliphatic carbocycles. The first kappa shape index (κ1) is 14.1. The van der Waals surface area contributed by atoms with Gasteiger partial charge in [-0.25, -0.2) is 4.39 Å². The van der Waals surface area contributed by atoms with Crippen LogP contribution in [-0.2, 0) is 6.54 Å². The summed E-state index contributed by atoms with van der Waals surface area (Å²) in [5.74, 6) is 0.530. The average molecular weight is 289 g/mol. The molecule has 2 aromatic rings. The van der Waals surface area contributed by atoms with Crippen LogP contribution in [-0.4, -0.2) is 40.4 Å². The summed E-state index contributed by atoms with van der Waals surface area (Å²) in [7, 11) is 0. The molecule has 1 aliphatic heterocycles. The largest absolute Gasteiger partial charge is 0.490 e. The molecule has 0 N–H and O–H groups in total. The lowest BCUT2D eigenvalue weighted by atomic mass is 10.1. The molecule has 5 heteroatoms. The molecule has 0 spiro atoms. The van der Waals surface area contributed by atoms with Crippen molar-refractivity contribution in [3.8, 4) is 5.75 Å². The van der Waals surface area contributed by atoms with Crippen LogP contribution < -0.4 is 4.74 Å². The molecule has 0 unspecified atom stereocenters. The summed E-state index contributed by atoms with van der Waals surface area (Å²) in [4.78, 5) is 2.44. The molecule has 21 heavy (non-hydrogen) atoms. The van der Waals surface area contributed by atoms with E-state index in [-0.39, 0.29) is 11.9 Å². The number of halogens is 1. The minimum absolute atomic E-state index is 0.226. The van der Waals surface area contributed by atoms with Crippen LogP contribution in [0.5, 0.6) is 5.75 Å². The first-order valence-corrected chi connectivity index (χ1v) is 7.41. The Hall–Kier alpha value is -1.88. The van der Waals surface area contributed by atoms with E-state index in [2.05, 4.69) is 10.00 Å². The maximum atomic E-state index is 12.8. The van der Waals surface area contributed by atoms with Gasteiger partial charge in [-0.05, 0) is 43.2 Å². The third-order valence-electron chi connectivity index (χ3n) is 3.86. The third-order valence-corrected chi connectivity index (χ3v) is 3.86. The van der Waals surface area contributed by atoms with Gasteiger partial charge in [-0.2, -0.15) is 5.10 Å². The Kier molecular flexibility index (Phi) is 4.50. The van der Waals surface area contributed by atoms with Gasteiger partial charge < -0.3 is 9.64 Å². The molecule has 0 atom stereocenters. The van der Waals surface area contributed by atoms with Gasteiger partial charge in [-0.1, -0.05) is 0 Å². The molecule has 0 bridgehead atoms. The summed E-state index contributed by atoms with van der Waals surface area (Å²) in [6, 6.07) is 8.21. The van der Waals surface area contributed by atoms with Crippen molar-refractivity contribution in [2.75, 3.05) is 19.6 Å². The van der Waals surface area contributed by atoms with E-state index in [1.807, 2.05) is 23.1 Å². The van der Waals surface area contributed by atoms with Gasteiger partial charge >= 0.3 is 0 Å². The lowest BCUT2D eigenvalue weighted by Crippen LogP contribution is -2.39. The topological polar surface area (TPSA) is 30.3 Å². The van der Waals surface area contributed by atoms with Crippen LogP contribution in [0.3, 0.4) is 0 Å². The first-order valence-electron chi connectivity index (χ1n) is 7.41. The minimum Gasteiger partial charge on any atom is -0.490 e. The van der Waals surface area contributed by atoms with E-state index in [4.69, 9.17) is 4.74 Å². The Bertz CT molecular complexity index is 533. The predicted octanol–water partition coefficient (Wildman–Crippen LogP) is 2.57. The monoisotopic (exact) mass is 289 g/mol. The predicted molar refractivity (Wildman–Crippen MR) is 78.7 cm³/mol. The molecule has 2 heterocycles. The van der Waals surface area contributed by atoms with Gasteiger partial charge in [0.15, 0.2) is 0 Å². The van der Waals surface area contributed by atoms with Crippen molar-refractivity contribution in [1.29, 1.82) is 0 Å². The highest BCUT2D eigenvalue weighted by Crippen LogP contribution is 2.19. The number of benzene rings is 1. The lowest BCUT2D eigenvalue weighted by Gasteiger charge is -2.32. The fourth-order valence-corrected chi connectivity index (χ4v) is 2.63.